The van der Waals surface area contributed by atoms with Gasteiger partial charge < -0.3 is 10.1 Å². The summed E-state index contributed by atoms with van der Waals surface area (Å²) in [5.41, 5.74) is 0. The SMILES string of the molecule is CC(C)c1nsc(NC2COCC2Cl)n1. The zero-order valence-electron chi connectivity index (χ0n) is 8.74. The van der Waals surface area contributed by atoms with Gasteiger partial charge in [-0.05, 0) is 0 Å². The zero-order chi connectivity index (χ0) is 10.8. The summed E-state index contributed by atoms with van der Waals surface area (Å²) < 4.78 is 9.52. The van der Waals surface area contributed by atoms with E-state index in [1.54, 1.807) is 0 Å². The molecule has 6 heteroatoms. The third-order valence-corrected chi connectivity index (χ3v) is 3.37. The molecular weight excluding hydrogens is 234 g/mol. The molecule has 1 aromatic heterocycles. The molecule has 0 aromatic carbocycles. The fourth-order valence-corrected chi connectivity index (χ4v) is 2.34. The van der Waals surface area contributed by atoms with Crippen LogP contribution in [0.3, 0.4) is 0 Å². The quantitative estimate of drug-likeness (QED) is 0.831. The number of nitrogens with one attached hydrogen (secondary N) is 1. The van der Waals surface area contributed by atoms with Crippen LogP contribution in [0.15, 0.2) is 0 Å². The third kappa shape index (κ3) is 2.59. The van der Waals surface area contributed by atoms with E-state index in [1.165, 1.54) is 11.5 Å². The Labute approximate surface area is 98.2 Å². The van der Waals surface area contributed by atoms with Crippen molar-refractivity contribution in [2.24, 2.45) is 0 Å². The lowest BCUT2D eigenvalue weighted by atomic mass is 10.2. The van der Waals surface area contributed by atoms with Gasteiger partial charge in [-0.1, -0.05) is 13.8 Å². The van der Waals surface area contributed by atoms with Crippen molar-refractivity contribution < 1.29 is 4.74 Å². The van der Waals surface area contributed by atoms with Gasteiger partial charge in [-0.25, -0.2) is 4.98 Å². The Balaban J connectivity index is 1.98. The first-order chi connectivity index (χ1) is 7.16. The van der Waals surface area contributed by atoms with E-state index >= 15 is 0 Å². The molecule has 0 bridgehead atoms. The lowest BCUT2D eigenvalue weighted by molar-refractivity contribution is 0.196. The minimum absolute atomic E-state index is 0.0244. The largest absolute Gasteiger partial charge is 0.378 e. The first-order valence-electron chi connectivity index (χ1n) is 4.98. The van der Waals surface area contributed by atoms with Gasteiger partial charge in [0.05, 0.1) is 24.6 Å². The van der Waals surface area contributed by atoms with Crippen molar-refractivity contribution in [1.82, 2.24) is 9.36 Å². The normalized spacial score (nSPS) is 26.1. The number of rotatable bonds is 3. The topological polar surface area (TPSA) is 47.0 Å². The van der Waals surface area contributed by atoms with Crippen molar-refractivity contribution in [2.75, 3.05) is 18.5 Å². The summed E-state index contributed by atoms with van der Waals surface area (Å²) >= 11 is 7.45. The second-order valence-electron chi connectivity index (χ2n) is 3.92. The molecule has 0 amide bonds. The molecule has 0 radical (unpaired) electrons. The second-order valence-corrected chi connectivity index (χ2v) is 5.23. The van der Waals surface area contributed by atoms with Crippen LogP contribution in [0.1, 0.15) is 25.6 Å². The van der Waals surface area contributed by atoms with Crippen LogP contribution in [0.4, 0.5) is 5.13 Å². The van der Waals surface area contributed by atoms with Crippen molar-refractivity contribution in [2.45, 2.75) is 31.2 Å². The third-order valence-electron chi connectivity index (χ3n) is 2.28. The Kier molecular flexibility index (Phi) is 3.43. The molecule has 0 spiro atoms. The lowest BCUT2D eigenvalue weighted by Crippen LogP contribution is -2.28. The van der Waals surface area contributed by atoms with Crippen molar-refractivity contribution in [3.05, 3.63) is 5.82 Å². The van der Waals surface area contributed by atoms with E-state index in [2.05, 4.69) is 28.5 Å². The van der Waals surface area contributed by atoms with E-state index in [1.807, 2.05) is 0 Å². The molecule has 1 aliphatic rings. The maximum Gasteiger partial charge on any atom is 0.202 e. The molecule has 15 heavy (non-hydrogen) atoms. The Bertz CT molecular complexity index is 331. The van der Waals surface area contributed by atoms with Gasteiger partial charge in [-0.3, -0.25) is 0 Å². The summed E-state index contributed by atoms with van der Waals surface area (Å²) in [6, 6.07) is 0.152. The highest BCUT2D eigenvalue weighted by molar-refractivity contribution is 7.09. The summed E-state index contributed by atoms with van der Waals surface area (Å²) in [5.74, 6) is 1.25. The van der Waals surface area contributed by atoms with Gasteiger partial charge >= 0.3 is 0 Å². The maximum atomic E-state index is 6.07. The molecule has 4 nitrogen and oxygen atoms in total. The molecule has 1 aliphatic heterocycles. The molecule has 1 N–H and O–H groups in total. The van der Waals surface area contributed by atoms with Crippen LogP contribution in [-0.4, -0.2) is 34.0 Å². The second kappa shape index (κ2) is 4.63. The van der Waals surface area contributed by atoms with Gasteiger partial charge in [0, 0.05) is 17.5 Å². The van der Waals surface area contributed by atoms with Crippen LogP contribution in [0.2, 0.25) is 0 Å². The van der Waals surface area contributed by atoms with Crippen molar-refractivity contribution in [1.29, 1.82) is 0 Å². The van der Waals surface area contributed by atoms with Crippen LogP contribution < -0.4 is 5.32 Å². The highest BCUT2D eigenvalue weighted by Gasteiger charge is 2.27. The molecule has 1 aromatic rings. The lowest BCUT2D eigenvalue weighted by Gasteiger charge is -2.11. The average molecular weight is 248 g/mol. The van der Waals surface area contributed by atoms with E-state index in [4.69, 9.17) is 16.3 Å². The highest BCUT2D eigenvalue weighted by atomic mass is 35.5. The fourth-order valence-electron chi connectivity index (χ4n) is 1.35. The van der Waals surface area contributed by atoms with Gasteiger partial charge in [0.25, 0.3) is 0 Å². The number of anilines is 1. The summed E-state index contributed by atoms with van der Waals surface area (Å²) in [5, 5.41) is 4.11. The van der Waals surface area contributed by atoms with Crippen molar-refractivity contribution in [3.8, 4) is 0 Å². The van der Waals surface area contributed by atoms with Crippen LogP contribution in [-0.2, 0) is 4.74 Å². The van der Waals surface area contributed by atoms with Crippen LogP contribution in [0.25, 0.3) is 0 Å². The maximum absolute atomic E-state index is 6.07. The molecule has 84 valence electrons. The Morgan fingerprint density at radius 1 is 1.53 bits per heavy atom. The zero-order valence-corrected chi connectivity index (χ0v) is 10.3. The van der Waals surface area contributed by atoms with Crippen LogP contribution in [0, 0.1) is 0 Å². The number of ether oxygens (including phenoxy) is 1. The molecule has 0 aliphatic carbocycles. The number of alkyl halides is 1. The van der Waals surface area contributed by atoms with E-state index in [-0.39, 0.29) is 11.4 Å². The number of nitrogens with zero attached hydrogens (tertiary/aromatic N) is 2. The Morgan fingerprint density at radius 3 is 2.87 bits per heavy atom. The number of aromatic nitrogens is 2. The molecule has 2 unspecified atom stereocenters. The monoisotopic (exact) mass is 247 g/mol. The van der Waals surface area contributed by atoms with E-state index < -0.39 is 0 Å². The van der Waals surface area contributed by atoms with Crippen molar-refractivity contribution in [3.63, 3.8) is 0 Å². The smallest absolute Gasteiger partial charge is 0.202 e. The molecular formula is C9H14ClN3OS. The summed E-state index contributed by atoms with van der Waals surface area (Å²) in [4.78, 5) is 4.39. The molecule has 0 saturated carbocycles. The fraction of sp³-hybridized carbons (Fsp3) is 0.778. The van der Waals surface area contributed by atoms with Crippen LogP contribution in [0.5, 0.6) is 0 Å². The van der Waals surface area contributed by atoms with E-state index in [0.29, 0.717) is 19.1 Å². The standard InChI is InChI=1S/C9H14ClN3OS/c1-5(2)8-12-9(15-13-8)11-7-4-14-3-6(7)10/h5-7H,3-4H2,1-2H3,(H,11,12,13). The van der Waals surface area contributed by atoms with E-state index in [0.717, 1.165) is 11.0 Å². The predicted octanol–water partition coefficient (Wildman–Crippen LogP) is 2.08. The van der Waals surface area contributed by atoms with Gasteiger partial charge in [0.2, 0.25) is 5.13 Å². The first-order valence-corrected chi connectivity index (χ1v) is 6.19. The molecule has 1 fully saturated rings. The summed E-state index contributed by atoms with van der Waals surface area (Å²) in [6.45, 7) is 5.41. The molecule has 1 saturated heterocycles. The number of hydrogen-bond donors (Lipinski definition) is 1. The Morgan fingerprint density at radius 2 is 2.33 bits per heavy atom. The Hall–Kier alpha value is -0.390. The van der Waals surface area contributed by atoms with Gasteiger partial charge in [0.15, 0.2) is 0 Å². The summed E-state index contributed by atoms with van der Waals surface area (Å²) in [6.07, 6.45) is 0. The number of halogens is 1. The predicted molar refractivity (Wildman–Crippen MR) is 61.9 cm³/mol. The molecule has 2 rings (SSSR count). The van der Waals surface area contributed by atoms with Gasteiger partial charge in [0.1, 0.15) is 5.82 Å². The number of hydrogen-bond acceptors (Lipinski definition) is 5. The molecule has 2 heterocycles. The summed E-state index contributed by atoms with van der Waals surface area (Å²) in [7, 11) is 0. The van der Waals surface area contributed by atoms with Crippen LogP contribution >= 0.6 is 23.1 Å². The average Bonchev–Trinajstić information content (AvgIpc) is 2.77. The van der Waals surface area contributed by atoms with Gasteiger partial charge in [-0.15, -0.1) is 11.6 Å². The first kappa shape index (κ1) is 11.1. The van der Waals surface area contributed by atoms with Gasteiger partial charge in [-0.2, -0.15) is 4.37 Å². The van der Waals surface area contributed by atoms with Crippen molar-refractivity contribution >= 4 is 28.3 Å². The van der Waals surface area contributed by atoms with E-state index in [9.17, 15) is 0 Å². The minimum Gasteiger partial charge on any atom is -0.378 e. The minimum atomic E-state index is 0.0244. The highest BCUT2D eigenvalue weighted by Crippen LogP contribution is 2.21. The molecule has 2 atom stereocenters.